The molecule has 9 heteroatoms. The van der Waals surface area contributed by atoms with Gasteiger partial charge in [0.1, 0.15) is 6.04 Å². The Balaban J connectivity index is 3.93. The number of phosphoric acid groups is 1. The van der Waals surface area contributed by atoms with Crippen LogP contribution in [0.15, 0.2) is 60.8 Å². The van der Waals surface area contributed by atoms with Crippen molar-refractivity contribution < 1.29 is 33.2 Å². The minimum Gasteiger partial charge on any atom is -0.389 e. The number of ether oxygens (including phenoxy) is 1. The van der Waals surface area contributed by atoms with E-state index in [1.807, 2.05) is 24.3 Å². The van der Waals surface area contributed by atoms with Crippen LogP contribution in [0.4, 0.5) is 0 Å². The number of rotatable bonds is 17. The molecule has 0 aliphatic heterocycles. The van der Waals surface area contributed by atoms with E-state index in [1.165, 1.54) is 51.0 Å². The average molecular weight is 470 g/mol. The van der Waals surface area contributed by atoms with Gasteiger partial charge in [0.2, 0.25) is 0 Å². The van der Waals surface area contributed by atoms with Gasteiger partial charge >= 0.3 is 19.8 Å². The van der Waals surface area contributed by atoms with Gasteiger partial charge in [-0.3, -0.25) is 4.52 Å². The summed E-state index contributed by atoms with van der Waals surface area (Å²) >= 11 is 0. The normalized spacial score (nSPS) is 13.9. The smallest absolute Gasteiger partial charge is 0.389 e. The number of nitrogens with two attached hydrogens (primary N) is 1. The molecule has 32 heavy (non-hydrogen) atoms. The van der Waals surface area contributed by atoms with E-state index in [9.17, 15) is 14.2 Å². The number of hydrogen-bond acceptors (Lipinski definition) is 6. The SMILES string of the molecule is CCCCCCCCCC=CC=CC=CC=CC=CC(=O)OC(=O)[C@@H](N)COP(=O)(O)O. The van der Waals surface area contributed by atoms with E-state index < -0.39 is 32.4 Å². The fourth-order valence-electron chi connectivity index (χ4n) is 2.37. The first-order chi connectivity index (χ1) is 15.3. The van der Waals surface area contributed by atoms with Crippen molar-refractivity contribution in [2.24, 2.45) is 5.73 Å². The van der Waals surface area contributed by atoms with Crippen LogP contribution in [0, 0.1) is 0 Å². The Bertz CT molecular complexity index is 720. The lowest BCUT2D eigenvalue weighted by molar-refractivity contribution is -0.157. The molecule has 0 aliphatic carbocycles. The van der Waals surface area contributed by atoms with Gasteiger partial charge in [-0.15, -0.1) is 0 Å². The molecule has 0 aromatic heterocycles. The van der Waals surface area contributed by atoms with E-state index in [-0.39, 0.29) is 0 Å². The largest absolute Gasteiger partial charge is 0.469 e. The van der Waals surface area contributed by atoms with E-state index in [0.29, 0.717) is 0 Å². The third-order valence-electron chi connectivity index (χ3n) is 4.05. The lowest BCUT2D eigenvalue weighted by atomic mass is 10.1. The van der Waals surface area contributed by atoms with Crippen LogP contribution in [0.1, 0.15) is 58.3 Å². The first-order valence-corrected chi connectivity index (χ1v) is 12.3. The van der Waals surface area contributed by atoms with Gasteiger partial charge in [-0.2, -0.15) is 0 Å². The van der Waals surface area contributed by atoms with E-state index in [0.717, 1.165) is 12.5 Å². The molecule has 4 N–H and O–H groups in total. The van der Waals surface area contributed by atoms with Crippen molar-refractivity contribution in [2.45, 2.75) is 64.3 Å². The number of hydrogen-bond donors (Lipinski definition) is 3. The molecule has 0 radical (unpaired) electrons. The van der Waals surface area contributed by atoms with Gasteiger partial charge in [-0.1, -0.05) is 100 Å². The maximum Gasteiger partial charge on any atom is 0.469 e. The topological polar surface area (TPSA) is 136 Å². The van der Waals surface area contributed by atoms with Crippen LogP contribution in [0.3, 0.4) is 0 Å². The van der Waals surface area contributed by atoms with Gasteiger partial charge in [-0.05, 0) is 12.8 Å². The Morgan fingerprint density at radius 3 is 2.00 bits per heavy atom. The molecule has 0 spiro atoms. The summed E-state index contributed by atoms with van der Waals surface area (Å²) in [5, 5.41) is 0. The van der Waals surface area contributed by atoms with Crippen LogP contribution >= 0.6 is 7.82 Å². The summed E-state index contributed by atoms with van der Waals surface area (Å²) in [4.78, 5) is 40.0. The molecule has 0 unspecified atom stereocenters. The molecule has 0 rings (SSSR count). The molecule has 0 aliphatic rings. The number of allylic oxidation sites excluding steroid dienone is 9. The molecule has 0 heterocycles. The van der Waals surface area contributed by atoms with Crippen molar-refractivity contribution in [3.05, 3.63) is 60.8 Å². The Morgan fingerprint density at radius 1 is 0.875 bits per heavy atom. The number of unbranched alkanes of at least 4 members (excludes halogenated alkanes) is 7. The second-order valence-electron chi connectivity index (χ2n) is 6.98. The van der Waals surface area contributed by atoms with Gasteiger partial charge in [0, 0.05) is 6.08 Å². The molecular weight excluding hydrogens is 433 g/mol. The molecule has 0 saturated carbocycles. The van der Waals surface area contributed by atoms with Gasteiger partial charge in [0.05, 0.1) is 6.61 Å². The lowest BCUT2D eigenvalue weighted by Crippen LogP contribution is -2.37. The molecule has 8 nitrogen and oxygen atoms in total. The lowest BCUT2D eigenvalue weighted by Gasteiger charge is -2.10. The average Bonchev–Trinajstić information content (AvgIpc) is 2.73. The fraction of sp³-hybridized carbons (Fsp3) is 0.478. The summed E-state index contributed by atoms with van der Waals surface area (Å²) in [6, 6.07) is -1.49. The highest BCUT2D eigenvalue weighted by Crippen LogP contribution is 2.35. The molecular formula is C23H36NO7P. The number of phosphoric ester groups is 1. The Kier molecular flexibility index (Phi) is 18.3. The number of carbonyl (C=O) groups is 2. The highest BCUT2D eigenvalue weighted by atomic mass is 31.2. The predicted octanol–water partition coefficient (Wildman–Crippen LogP) is 4.41. The van der Waals surface area contributed by atoms with Crippen molar-refractivity contribution in [3.8, 4) is 0 Å². The molecule has 1 atom stereocenters. The minimum absolute atomic E-state index is 0.771. The second kappa shape index (κ2) is 19.6. The highest BCUT2D eigenvalue weighted by Gasteiger charge is 2.22. The first kappa shape index (κ1) is 29.9. The third-order valence-corrected chi connectivity index (χ3v) is 4.53. The molecule has 0 bridgehead atoms. The summed E-state index contributed by atoms with van der Waals surface area (Å²) in [6.07, 6.45) is 27.5. The van der Waals surface area contributed by atoms with Crippen LogP contribution < -0.4 is 5.73 Å². The van der Waals surface area contributed by atoms with Crippen LogP contribution in [0.25, 0.3) is 0 Å². The summed E-state index contributed by atoms with van der Waals surface area (Å²) < 4.78 is 19.0. The molecule has 0 aromatic carbocycles. The highest BCUT2D eigenvalue weighted by molar-refractivity contribution is 7.46. The molecule has 0 saturated heterocycles. The summed E-state index contributed by atoms with van der Waals surface area (Å²) in [5.74, 6) is -2.11. The van der Waals surface area contributed by atoms with Crippen molar-refractivity contribution in [1.82, 2.24) is 0 Å². The zero-order valence-electron chi connectivity index (χ0n) is 18.7. The summed E-state index contributed by atoms with van der Waals surface area (Å²) in [7, 11) is -4.75. The van der Waals surface area contributed by atoms with E-state index in [1.54, 1.807) is 18.2 Å². The second-order valence-corrected chi connectivity index (χ2v) is 8.22. The van der Waals surface area contributed by atoms with E-state index in [4.69, 9.17) is 15.5 Å². The molecule has 180 valence electrons. The Labute approximate surface area is 190 Å². The van der Waals surface area contributed by atoms with Gasteiger partial charge < -0.3 is 20.3 Å². The van der Waals surface area contributed by atoms with E-state index in [2.05, 4.69) is 22.3 Å². The van der Waals surface area contributed by atoms with Gasteiger partial charge in [0.25, 0.3) is 0 Å². The van der Waals surface area contributed by atoms with Crippen LogP contribution in [0.5, 0.6) is 0 Å². The van der Waals surface area contributed by atoms with Gasteiger partial charge in [0.15, 0.2) is 0 Å². The van der Waals surface area contributed by atoms with E-state index >= 15 is 0 Å². The Morgan fingerprint density at radius 2 is 1.41 bits per heavy atom. The van der Waals surface area contributed by atoms with Crippen LogP contribution in [-0.2, 0) is 23.4 Å². The Hall–Kier alpha value is -2.09. The molecule has 0 aromatic rings. The van der Waals surface area contributed by atoms with Crippen molar-refractivity contribution in [3.63, 3.8) is 0 Å². The number of carbonyl (C=O) groups excluding carboxylic acids is 2. The predicted molar refractivity (Wildman–Crippen MR) is 125 cm³/mol. The van der Waals surface area contributed by atoms with Crippen molar-refractivity contribution in [1.29, 1.82) is 0 Å². The third kappa shape index (κ3) is 21.2. The van der Waals surface area contributed by atoms with Crippen LogP contribution in [0.2, 0.25) is 0 Å². The van der Waals surface area contributed by atoms with Crippen LogP contribution in [-0.4, -0.2) is 34.4 Å². The van der Waals surface area contributed by atoms with Crippen molar-refractivity contribution >= 4 is 19.8 Å². The molecule has 0 fully saturated rings. The van der Waals surface area contributed by atoms with Crippen molar-refractivity contribution in [2.75, 3.05) is 6.61 Å². The standard InChI is InChI=1S/C23H36NO7P/c1-2-3-4-5-6-7-8-9-10-11-12-13-14-15-16-17-18-19-22(25)31-23(26)21(24)20-30-32(27,28)29/h10-19,21H,2-9,20,24H2,1H3,(H2,27,28,29)/t21-/m0/s1. The monoisotopic (exact) mass is 469 g/mol. The van der Waals surface area contributed by atoms with Gasteiger partial charge in [-0.25, -0.2) is 14.2 Å². The maximum absolute atomic E-state index is 11.5. The zero-order chi connectivity index (χ0) is 24.1. The quantitative estimate of drug-likeness (QED) is 0.0711. The summed E-state index contributed by atoms with van der Waals surface area (Å²) in [6.45, 7) is 1.46. The first-order valence-electron chi connectivity index (χ1n) is 10.8. The fourth-order valence-corrected chi connectivity index (χ4v) is 2.72. The maximum atomic E-state index is 11.5. The molecule has 0 amide bonds. The summed E-state index contributed by atoms with van der Waals surface area (Å²) in [5.41, 5.74) is 5.31. The zero-order valence-corrected chi connectivity index (χ0v) is 19.6. The number of esters is 2. The minimum atomic E-state index is -4.75.